The van der Waals surface area contributed by atoms with E-state index in [2.05, 4.69) is 10.0 Å². The van der Waals surface area contributed by atoms with Crippen LogP contribution in [0.4, 0.5) is 5.69 Å². The smallest absolute Gasteiger partial charge is 0.259 e. The zero-order valence-corrected chi connectivity index (χ0v) is 17.3. The monoisotopic (exact) mass is 424 g/mol. The molecule has 0 fully saturated rings. The Morgan fingerprint density at radius 1 is 1.14 bits per heavy atom. The van der Waals surface area contributed by atoms with E-state index < -0.39 is 15.9 Å². The molecule has 28 heavy (non-hydrogen) atoms. The van der Waals surface area contributed by atoms with Crippen LogP contribution in [0, 0.1) is 6.92 Å². The van der Waals surface area contributed by atoms with Gasteiger partial charge < -0.3 is 14.8 Å². The van der Waals surface area contributed by atoms with Gasteiger partial charge in [0.1, 0.15) is 13.2 Å². The zero-order valence-electron chi connectivity index (χ0n) is 15.7. The SMILES string of the molecule is Cc1ccc(NC(=O)c2cc(S(=O)(=O)NC(C)C)cc3c2OCCO3)cc1Cl. The molecule has 0 saturated heterocycles. The topological polar surface area (TPSA) is 93.7 Å². The lowest BCUT2D eigenvalue weighted by atomic mass is 10.1. The second-order valence-corrected chi connectivity index (χ2v) is 8.81. The third kappa shape index (κ3) is 4.40. The highest BCUT2D eigenvalue weighted by molar-refractivity contribution is 7.89. The molecular formula is C19H21ClN2O5S. The van der Waals surface area contributed by atoms with E-state index in [4.69, 9.17) is 21.1 Å². The molecule has 9 heteroatoms. The normalized spacial score (nSPS) is 13.5. The third-order valence-electron chi connectivity index (χ3n) is 3.99. The number of rotatable bonds is 5. The van der Waals surface area contributed by atoms with Crippen molar-refractivity contribution in [3.8, 4) is 11.5 Å². The molecular weight excluding hydrogens is 404 g/mol. The molecule has 150 valence electrons. The van der Waals surface area contributed by atoms with Gasteiger partial charge in [0.05, 0.1) is 10.5 Å². The van der Waals surface area contributed by atoms with Gasteiger partial charge in [0.15, 0.2) is 11.5 Å². The van der Waals surface area contributed by atoms with Crippen molar-refractivity contribution in [2.24, 2.45) is 0 Å². The van der Waals surface area contributed by atoms with Gasteiger partial charge in [-0.1, -0.05) is 17.7 Å². The van der Waals surface area contributed by atoms with Gasteiger partial charge in [0.2, 0.25) is 10.0 Å². The summed E-state index contributed by atoms with van der Waals surface area (Å²) in [7, 11) is -3.82. The Bertz CT molecular complexity index is 1020. The number of hydrogen-bond acceptors (Lipinski definition) is 5. The standard InChI is InChI=1S/C19H21ClN2O5S/c1-11(2)22-28(24,25)14-9-15(18-17(10-14)26-6-7-27-18)19(23)21-13-5-4-12(3)16(20)8-13/h4-5,8-11,22H,6-7H2,1-3H3,(H,21,23). The fraction of sp³-hybridized carbons (Fsp3) is 0.316. The first-order chi connectivity index (χ1) is 13.2. The van der Waals surface area contributed by atoms with Gasteiger partial charge in [-0.15, -0.1) is 0 Å². The highest BCUT2D eigenvalue weighted by Crippen LogP contribution is 2.37. The largest absolute Gasteiger partial charge is 0.486 e. The molecule has 2 N–H and O–H groups in total. The molecule has 0 aromatic heterocycles. The maximum atomic E-state index is 12.9. The van der Waals surface area contributed by atoms with Crippen molar-refractivity contribution in [1.29, 1.82) is 0 Å². The van der Waals surface area contributed by atoms with E-state index >= 15 is 0 Å². The van der Waals surface area contributed by atoms with Crippen molar-refractivity contribution >= 4 is 33.2 Å². The Morgan fingerprint density at radius 2 is 1.86 bits per heavy atom. The summed E-state index contributed by atoms with van der Waals surface area (Å²) in [5.41, 5.74) is 1.43. The minimum Gasteiger partial charge on any atom is -0.486 e. The summed E-state index contributed by atoms with van der Waals surface area (Å²) >= 11 is 6.11. The van der Waals surface area contributed by atoms with Crippen LogP contribution in [0.3, 0.4) is 0 Å². The first kappa shape index (κ1) is 20.4. The molecule has 1 heterocycles. The summed E-state index contributed by atoms with van der Waals surface area (Å²) in [6, 6.07) is 7.46. The second kappa shape index (κ2) is 7.98. The fourth-order valence-electron chi connectivity index (χ4n) is 2.70. The van der Waals surface area contributed by atoms with Gasteiger partial charge in [-0.3, -0.25) is 4.79 Å². The maximum Gasteiger partial charge on any atom is 0.259 e. The number of fused-ring (bicyclic) bond motifs is 1. The number of hydrogen-bond donors (Lipinski definition) is 2. The van der Waals surface area contributed by atoms with Gasteiger partial charge in [-0.05, 0) is 44.5 Å². The zero-order chi connectivity index (χ0) is 20.5. The van der Waals surface area contributed by atoms with E-state index in [9.17, 15) is 13.2 Å². The highest BCUT2D eigenvalue weighted by Gasteiger charge is 2.27. The van der Waals surface area contributed by atoms with Crippen molar-refractivity contribution in [2.75, 3.05) is 18.5 Å². The van der Waals surface area contributed by atoms with Gasteiger partial charge in [-0.25, -0.2) is 13.1 Å². The highest BCUT2D eigenvalue weighted by atomic mass is 35.5. The summed E-state index contributed by atoms with van der Waals surface area (Å²) in [6.45, 7) is 5.81. The van der Waals surface area contributed by atoms with Crippen LogP contribution in [-0.4, -0.2) is 33.6 Å². The molecule has 0 saturated carbocycles. The predicted octanol–water partition coefficient (Wildman–Crippen LogP) is 3.36. The Labute approximate surface area is 169 Å². The lowest BCUT2D eigenvalue weighted by molar-refractivity contribution is 0.101. The first-order valence-corrected chi connectivity index (χ1v) is 10.6. The number of benzene rings is 2. The predicted molar refractivity (Wildman–Crippen MR) is 107 cm³/mol. The molecule has 0 bridgehead atoms. The maximum absolute atomic E-state index is 12.9. The molecule has 7 nitrogen and oxygen atoms in total. The summed E-state index contributed by atoms with van der Waals surface area (Å²) in [5.74, 6) is -0.0984. The van der Waals surface area contributed by atoms with Crippen LogP contribution < -0.4 is 19.5 Å². The molecule has 0 aliphatic carbocycles. The van der Waals surface area contributed by atoms with E-state index in [1.807, 2.05) is 6.92 Å². The third-order valence-corrected chi connectivity index (χ3v) is 6.04. The van der Waals surface area contributed by atoms with Crippen LogP contribution in [0.5, 0.6) is 11.5 Å². The molecule has 0 spiro atoms. The molecule has 1 aliphatic rings. The number of halogens is 1. The van der Waals surface area contributed by atoms with Crippen molar-refractivity contribution in [3.63, 3.8) is 0 Å². The Kier molecular flexibility index (Phi) is 5.83. The lowest BCUT2D eigenvalue weighted by Gasteiger charge is -2.22. The van der Waals surface area contributed by atoms with E-state index in [0.717, 1.165) is 5.56 Å². The molecule has 1 aliphatic heterocycles. The minimum absolute atomic E-state index is 0.0676. The molecule has 2 aromatic carbocycles. The number of carbonyl (C=O) groups is 1. The number of ether oxygens (including phenoxy) is 2. The van der Waals surface area contributed by atoms with Crippen molar-refractivity contribution < 1.29 is 22.7 Å². The van der Waals surface area contributed by atoms with Crippen molar-refractivity contribution in [1.82, 2.24) is 4.72 Å². The number of aryl methyl sites for hydroxylation is 1. The fourth-order valence-corrected chi connectivity index (χ4v) is 4.17. The van der Waals surface area contributed by atoms with Crippen LogP contribution >= 0.6 is 11.6 Å². The molecule has 0 radical (unpaired) electrons. The minimum atomic E-state index is -3.82. The number of anilines is 1. The average Bonchev–Trinajstić information content (AvgIpc) is 2.62. The summed E-state index contributed by atoms with van der Waals surface area (Å²) in [6.07, 6.45) is 0. The van der Waals surface area contributed by atoms with Crippen LogP contribution in [-0.2, 0) is 10.0 Å². The van der Waals surface area contributed by atoms with E-state index in [-0.39, 0.29) is 41.2 Å². The number of carbonyl (C=O) groups excluding carboxylic acids is 1. The van der Waals surface area contributed by atoms with Crippen LogP contribution in [0.25, 0.3) is 0 Å². The summed E-state index contributed by atoms with van der Waals surface area (Å²) in [4.78, 5) is 12.8. The Hall–Kier alpha value is -2.29. The number of nitrogens with one attached hydrogen (secondary N) is 2. The van der Waals surface area contributed by atoms with E-state index in [1.165, 1.54) is 12.1 Å². The van der Waals surface area contributed by atoms with Crippen molar-refractivity contribution in [3.05, 3.63) is 46.5 Å². The van der Waals surface area contributed by atoms with Gasteiger partial charge in [-0.2, -0.15) is 0 Å². The Balaban J connectivity index is 2.02. The number of amides is 1. The van der Waals surface area contributed by atoms with E-state index in [1.54, 1.807) is 32.0 Å². The second-order valence-electron chi connectivity index (χ2n) is 6.69. The van der Waals surface area contributed by atoms with Crippen LogP contribution in [0.15, 0.2) is 35.2 Å². The van der Waals surface area contributed by atoms with Crippen LogP contribution in [0.1, 0.15) is 29.8 Å². The quantitative estimate of drug-likeness (QED) is 0.767. The van der Waals surface area contributed by atoms with Crippen LogP contribution in [0.2, 0.25) is 5.02 Å². The molecule has 0 atom stereocenters. The molecule has 0 unspecified atom stereocenters. The van der Waals surface area contributed by atoms with E-state index in [0.29, 0.717) is 10.7 Å². The Morgan fingerprint density at radius 3 is 2.54 bits per heavy atom. The van der Waals surface area contributed by atoms with Gasteiger partial charge >= 0.3 is 0 Å². The molecule has 3 rings (SSSR count). The molecule has 2 aromatic rings. The van der Waals surface area contributed by atoms with Gasteiger partial charge in [0.25, 0.3) is 5.91 Å². The first-order valence-electron chi connectivity index (χ1n) is 8.71. The summed E-state index contributed by atoms with van der Waals surface area (Å²) in [5, 5.41) is 3.23. The lowest BCUT2D eigenvalue weighted by Crippen LogP contribution is -2.31. The molecule has 1 amide bonds. The average molecular weight is 425 g/mol. The van der Waals surface area contributed by atoms with Crippen molar-refractivity contribution in [2.45, 2.75) is 31.7 Å². The summed E-state index contributed by atoms with van der Waals surface area (Å²) < 4.78 is 38.8. The number of sulfonamides is 1. The van der Waals surface area contributed by atoms with Gasteiger partial charge in [0, 0.05) is 22.8 Å².